The van der Waals surface area contributed by atoms with Crippen LogP contribution in [0.1, 0.15) is 33.3 Å². The third-order valence-corrected chi connectivity index (χ3v) is 2.72. The Kier molecular flexibility index (Phi) is 4.26. The number of hydrogen-bond donors (Lipinski definition) is 0. The Labute approximate surface area is 124 Å². The van der Waals surface area contributed by atoms with Gasteiger partial charge in [0.15, 0.2) is 0 Å². The van der Waals surface area contributed by atoms with E-state index in [1.807, 2.05) is 30.3 Å². The van der Waals surface area contributed by atoms with Crippen LogP contribution in [0.15, 0.2) is 42.6 Å². The summed E-state index contributed by atoms with van der Waals surface area (Å²) in [6.45, 7) is 7.18. The van der Waals surface area contributed by atoms with Gasteiger partial charge in [0, 0.05) is 17.1 Å². The van der Waals surface area contributed by atoms with Gasteiger partial charge in [0.25, 0.3) is 0 Å². The summed E-state index contributed by atoms with van der Waals surface area (Å²) in [5, 5.41) is 0.988. The van der Waals surface area contributed by atoms with Gasteiger partial charge in [-0.25, -0.2) is 4.79 Å². The van der Waals surface area contributed by atoms with E-state index in [9.17, 15) is 4.79 Å². The number of nitrogens with zero attached hydrogens (tertiary/aromatic N) is 1. The summed E-state index contributed by atoms with van der Waals surface area (Å²) >= 11 is 0. The predicted octanol–water partition coefficient (Wildman–Crippen LogP) is 4.55. The fourth-order valence-electron chi connectivity index (χ4n) is 1.85. The molecule has 0 amide bonds. The molecule has 0 saturated heterocycles. The van der Waals surface area contributed by atoms with Crippen LogP contribution >= 0.6 is 0 Å². The fourth-order valence-corrected chi connectivity index (χ4v) is 1.85. The van der Waals surface area contributed by atoms with Crippen LogP contribution in [0, 0.1) is 0 Å². The molecule has 1 heterocycles. The smallest absolute Gasteiger partial charge is 0.428 e. The van der Waals surface area contributed by atoms with Crippen molar-refractivity contribution in [2.45, 2.75) is 33.3 Å². The van der Waals surface area contributed by atoms with Crippen molar-refractivity contribution in [2.24, 2.45) is 0 Å². The van der Waals surface area contributed by atoms with E-state index in [1.165, 1.54) is 0 Å². The highest BCUT2D eigenvalue weighted by Crippen LogP contribution is 2.21. The number of ether oxygens (including phenoxy) is 2. The molecule has 110 valence electrons. The molecule has 1 aromatic heterocycles. The molecule has 2 aromatic rings. The molecule has 2 rings (SSSR count). The maximum absolute atomic E-state index is 11.8. The van der Waals surface area contributed by atoms with Gasteiger partial charge in [-0.1, -0.05) is 18.2 Å². The van der Waals surface area contributed by atoms with Crippen LogP contribution in [0.2, 0.25) is 0 Å². The summed E-state index contributed by atoms with van der Waals surface area (Å²) in [5.74, 6) is 0.433. The van der Waals surface area contributed by atoms with E-state index < -0.39 is 11.8 Å². The first kappa shape index (κ1) is 15.0. The highest BCUT2D eigenvalue weighted by Gasteiger charge is 2.19. The molecule has 0 aliphatic heterocycles. The van der Waals surface area contributed by atoms with Gasteiger partial charge in [0.1, 0.15) is 11.4 Å². The minimum Gasteiger partial charge on any atom is -0.428 e. The number of benzene rings is 1. The molecule has 0 radical (unpaired) electrons. The quantitative estimate of drug-likeness (QED) is 0.600. The Hall–Kier alpha value is -2.36. The van der Waals surface area contributed by atoms with Crippen molar-refractivity contribution in [3.63, 3.8) is 0 Å². The zero-order valence-corrected chi connectivity index (χ0v) is 12.7. The van der Waals surface area contributed by atoms with Crippen molar-refractivity contribution in [3.05, 3.63) is 48.2 Å². The number of para-hydroxylation sites is 1. The maximum Gasteiger partial charge on any atom is 0.514 e. The van der Waals surface area contributed by atoms with E-state index >= 15 is 0 Å². The second-order valence-corrected chi connectivity index (χ2v) is 5.64. The second kappa shape index (κ2) is 5.95. The van der Waals surface area contributed by atoms with Gasteiger partial charge in [-0.3, -0.25) is 4.98 Å². The van der Waals surface area contributed by atoms with E-state index in [4.69, 9.17) is 9.47 Å². The van der Waals surface area contributed by atoms with Crippen LogP contribution in [0.3, 0.4) is 0 Å². The number of rotatable bonds is 2. The molecule has 0 unspecified atom stereocenters. The monoisotopic (exact) mass is 285 g/mol. The minimum absolute atomic E-state index is 0.433. The molecule has 0 N–H and O–H groups in total. The predicted molar refractivity (Wildman–Crippen MR) is 82.7 cm³/mol. The molecular formula is C17H19NO3. The average molecular weight is 285 g/mol. The first-order valence-corrected chi connectivity index (χ1v) is 6.81. The standard InChI is InChI=1S/C17H19NO3/c1-5-15(20-16(19)21-17(2,3)4)13-10-12-8-6-7-9-14(12)18-11-13/h5-11H,1-4H3. The molecule has 0 saturated carbocycles. The number of aromatic nitrogens is 1. The third-order valence-electron chi connectivity index (χ3n) is 2.72. The van der Waals surface area contributed by atoms with Crippen LogP contribution in [-0.2, 0) is 9.47 Å². The number of fused-ring (bicyclic) bond motifs is 1. The van der Waals surface area contributed by atoms with E-state index in [1.54, 1.807) is 40.0 Å². The molecule has 0 aliphatic carbocycles. The molecule has 1 aromatic carbocycles. The van der Waals surface area contributed by atoms with Gasteiger partial charge in [0.2, 0.25) is 0 Å². The van der Waals surface area contributed by atoms with Gasteiger partial charge in [-0.15, -0.1) is 0 Å². The zero-order chi connectivity index (χ0) is 15.5. The van der Waals surface area contributed by atoms with E-state index in [0.717, 1.165) is 16.5 Å². The Morgan fingerprint density at radius 1 is 1.24 bits per heavy atom. The molecule has 0 aliphatic rings. The summed E-state index contributed by atoms with van der Waals surface area (Å²) in [6.07, 6.45) is 2.68. The Balaban J connectivity index is 2.22. The first-order chi connectivity index (χ1) is 9.89. The second-order valence-electron chi connectivity index (χ2n) is 5.64. The van der Waals surface area contributed by atoms with E-state index in [-0.39, 0.29) is 0 Å². The van der Waals surface area contributed by atoms with Crippen LogP contribution in [0.5, 0.6) is 0 Å². The lowest BCUT2D eigenvalue weighted by molar-refractivity contribution is 0.0147. The van der Waals surface area contributed by atoms with Crippen LogP contribution in [0.4, 0.5) is 4.79 Å². The summed E-state index contributed by atoms with van der Waals surface area (Å²) < 4.78 is 10.4. The summed E-state index contributed by atoms with van der Waals surface area (Å²) in [6, 6.07) is 9.71. The zero-order valence-electron chi connectivity index (χ0n) is 12.7. The molecule has 0 bridgehead atoms. The summed E-state index contributed by atoms with van der Waals surface area (Å²) in [5.41, 5.74) is 1.05. The minimum atomic E-state index is -0.719. The number of hydrogen-bond acceptors (Lipinski definition) is 4. The average Bonchev–Trinajstić information content (AvgIpc) is 2.42. The first-order valence-electron chi connectivity index (χ1n) is 6.81. The van der Waals surface area contributed by atoms with Gasteiger partial charge in [-0.05, 0) is 45.9 Å². The Morgan fingerprint density at radius 2 is 1.95 bits per heavy atom. The number of carbonyl (C=O) groups excluding carboxylic acids is 1. The van der Waals surface area contributed by atoms with Crippen molar-refractivity contribution in [1.82, 2.24) is 4.98 Å². The summed E-state index contributed by atoms with van der Waals surface area (Å²) in [4.78, 5) is 16.1. The van der Waals surface area contributed by atoms with E-state index in [0.29, 0.717) is 5.76 Å². The van der Waals surface area contributed by atoms with Gasteiger partial charge in [-0.2, -0.15) is 0 Å². The number of carbonyl (C=O) groups is 1. The van der Waals surface area contributed by atoms with Crippen molar-refractivity contribution in [2.75, 3.05) is 0 Å². The molecule has 21 heavy (non-hydrogen) atoms. The van der Waals surface area contributed by atoms with Gasteiger partial charge < -0.3 is 9.47 Å². The molecule has 0 spiro atoms. The fraction of sp³-hybridized carbons (Fsp3) is 0.294. The highest BCUT2D eigenvalue weighted by atomic mass is 16.7. The van der Waals surface area contributed by atoms with Crippen molar-refractivity contribution < 1.29 is 14.3 Å². The van der Waals surface area contributed by atoms with Crippen molar-refractivity contribution in [3.8, 4) is 0 Å². The molecule has 4 heteroatoms. The normalized spacial score (nSPS) is 12.3. The number of pyridine rings is 1. The van der Waals surface area contributed by atoms with Gasteiger partial charge >= 0.3 is 6.16 Å². The Morgan fingerprint density at radius 3 is 2.62 bits per heavy atom. The lowest BCUT2D eigenvalue weighted by Crippen LogP contribution is -2.24. The van der Waals surface area contributed by atoms with Crippen LogP contribution in [0.25, 0.3) is 16.7 Å². The lowest BCUT2D eigenvalue weighted by Gasteiger charge is -2.19. The molecule has 4 nitrogen and oxygen atoms in total. The molecular weight excluding hydrogens is 266 g/mol. The third kappa shape index (κ3) is 4.05. The van der Waals surface area contributed by atoms with Crippen LogP contribution < -0.4 is 0 Å². The van der Waals surface area contributed by atoms with Crippen molar-refractivity contribution >= 4 is 22.8 Å². The molecule has 0 fully saturated rings. The van der Waals surface area contributed by atoms with Crippen molar-refractivity contribution in [1.29, 1.82) is 0 Å². The Bertz CT molecular complexity index is 684. The summed E-state index contributed by atoms with van der Waals surface area (Å²) in [7, 11) is 0. The topological polar surface area (TPSA) is 48.4 Å². The maximum atomic E-state index is 11.8. The number of allylic oxidation sites excluding steroid dienone is 1. The lowest BCUT2D eigenvalue weighted by atomic mass is 10.1. The van der Waals surface area contributed by atoms with Gasteiger partial charge in [0.05, 0.1) is 5.52 Å². The van der Waals surface area contributed by atoms with Crippen LogP contribution in [-0.4, -0.2) is 16.7 Å². The van der Waals surface area contributed by atoms with E-state index in [2.05, 4.69) is 4.98 Å². The highest BCUT2D eigenvalue weighted by molar-refractivity contribution is 5.83. The SMILES string of the molecule is CC=C(OC(=O)OC(C)(C)C)c1cnc2ccccc2c1. The largest absolute Gasteiger partial charge is 0.514 e. The molecule has 0 atom stereocenters.